The van der Waals surface area contributed by atoms with Gasteiger partial charge in [-0.25, -0.2) is 14.6 Å². The fourth-order valence-electron chi connectivity index (χ4n) is 2.30. The van der Waals surface area contributed by atoms with Gasteiger partial charge < -0.3 is 15.6 Å². The van der Waals surface area contributed by atoms with Crippen molar-refractivity contribution in [3.8, 4) is 11.1 Å². The number of carboxylic acids is 1. The number of nitrogen functional groups attached to an aromatic ring is 1. The van der Waals surface area contributed by atoms with Crippen LogP contribution in [0, 0.1) is 13.8 Å². The van der Waals surface area contributed by atoms with Gasteiger partial charge in [0.25, 0.3) is 0 Å². The fraction of sp³-hybridized carbons (Fsp3) is 0.188. The minimum atomic E-state index is -1.24. The van der Waals surface area contributed by atoms with Crippen LogP contribution in [0.2, 0.25) is 0 Å². The van der Waals surface area contributed by atoms with Crippen LogP contribution in [-0.2, 0) is 4.74 Å². The number of ether oxygens (including phenoxy) is 1. The number of methoxy groups -OCH3 is 1. The normalized spacial score (nSPS) is 10.3. The number of esters is 1. The number of nitrogens with two attached hydrogens (primary N) is 1. The smallest absolute Gasteiger partial charge is 0.340 e. The van der Waals surface area contributed by atoms with Gasteiger partial charge in [-0.15, -0.1) is 0 Å². The van der Waals surface area contributed by atoms with Crippen molar-refractivity contribution in [3.63, 3.8) is 0 Å². The lowest BCUT2D eigenvalue weighted by Gasteiger charge is -2.15. The Morgan fingerprint density at radius 3 is 2.23 bits per heavy atom. The zero-order valence-electron chi connectivity index (χ0n) is 12.5. The van der Waals surface area contributed by atoms with Crippen molar-refractivity contribution in [2.45, 2.75) is 13.8 Å². The number of hydrogen-bond acceptors (Lipinski definition) is 5. The molecule has 0 aliphatic rings. The lowest BCUT2D eigenvalue weighted by molar-refractivity contribution is 0.0600. The van der Waals surface area contributed by atoms with Gasteiger partial charge in [-0.2, -0.15) is 0 Å². The first-order valence-corrected chi connectivity index (χ1v) is 6.55. The second-order valence-corrected chi connectivity index (χ2v) is 4.87. The standard InChI is InChI=1S/C16H16N2O4/c1-8-4-6-10(7-5-8)12-11(16(21)22-3)9(2)18-14(17)13(12)15(19)20/h4-7H,1-3H3,(H2,17,18)(H,19,20). The van der Waals surface area contributed by atoms with E-state index in [4.69, 9.17) is 10.5 Å². The van der Waals surface area contributed by atoms with Crippen molar-refractivity contribution in [3.05, 3.63) is 46.6 Å². The molecule has 1 heterocycles. The largest absolute Gasteiger partial charge is 0.478 e. The van der Waals surface area contributed by atoms with Gasteiger partial charge in [-0.3, -0.25) is 0 Å². The fourth-order valence-corrected chi connectivity index (χ4v) is 2.30. The third-order valence-corrected chi connectivity index (χ3v) is 3.35. The third-order valence-electron chi connectivity index (χ3n) is 3.35. The van der Waals surface area contributed by atoms with E-state index in [-0.39, 0.29) is 22.5 Å². The second-order valence-electron chi connectivity index (χ2n) is 4.87. The molecular weight excluding hydrogens is 284 g/mol. The summed E-state index contributed by atoms with van der Waals surface area (Å²) in [5, 5.41) is 9.46. The van der Waals surface area contributed by atoms with Gasteiger partial charge in [-0.1, -0.05) is 29.8 Å². The van der Waals surface area contributed by atoms with E-state index >= 15 is 0 Å². The van der Waals surface area contributed by atoms with Gasteiger partial charge in [0.2, 0.25) is 0 Å². The molecule has 0 bridgehead atoms. The molecule has 6 heteroatoms. The maximum atomic E-state index is 12.1. The van der Waals surface area contributed by atoms with Crippen molar-refractivity contribution in [2.75, 3.05) is 12.8 Å². The van der Waals surface area contributed by atoms with Crippen LogP contribution in [0.25, 0.3) is 11.1 Å². The van der Waals surface area contributed by atoms with E-state index in [1.54, 1.807) is 19.1 Å². The number of anilines is 1. The zero-order valence-corrected chi connectivity index (χ0v) is 12.5. The minimum absolute atomic E-state index is 0.109. The maximum absolute atomic E-state index is 12.1. The van der Waals surface area contributed by atoms with Crippen LogP contribution in [0.4, 0.5) is 5.82 Å². The SMILES string of the molecule is COC(=O)c1c(C)nc(N)c(C(=O)O)c1-c1ccc(C)cc1. The number of carboxylic acid groups (broad SMARTS) is 1. The first-order valence-electron chi connectivity index (χ1n) is 6.55. The number of hydrogen-bond donors (Lipinski definition) is 2. The predicted octanol–water partition coefficient (Wildman–Crippen LogP) is 2.43. The summed E-state index contributed by atoms with van der Waals surface area (Å²) >= 11 is 0. The number of rotatable bonds is 3. The summed E-state index contributed by atoms with van der Waals surface area (Å²) in [4.78, 5) is 27.6. The molecule has 2 rings (SSSR count). The average Bonchev–Trinajstić information content (AvgIpc) is 2.46. The van der Waals surface area contributed by atoms with Crippen LogP contribution in [0.15, 0.2) is 24.3 Å². The Bertz CT molecular complexity index is 752. The van der Waals surface area contributed by atoms with Crippen molar-refractivity contribution >= 4 is 17.8 Å². The molecule has 0 saturated heterocycles. The van der Waals surface area contributed by atoms with E-state index in [2.05, 4.69) is 4.98 Å². The number of carbonyl (C=O) groups is 2. The topological polar surface area (TPSA) is 103 Å². The molecule has 0 fully saturated rings. The van der Waals surface area contributed by atoms with Crippen LogP contribution in [0.1, 0.15) is 32.0 Å². The molecule has 0 radical (unpaired) electrons. The Kier molecular flexibility index (Phi) is 4.12. The van der Waals surface area contributed by atoms with Crippen LogP contribution in [0.5, 0.6) is 0 Å². The number of nitrogens with zero attached hydrogens (tertiary/aromatic N) is 1. The number of aromatic nitrogens is 1. The highest BCUT2D eigenvalue weighted by Crippen LogP contribution is 2.33. The average molecular weight is 300 g/mol. The van der Waals surface area contributed by atoms with Crippen LogP contribution >= 0.6 is 0 Å². The molecule has 1 aromatic carbocycles. The van der Waals surface area contributed by atoms with Gasteiger partial charge >= 0.3 is 11.9 Å². The summed E-state index contributed by atoms with van der Waals surface area (Å²) in [6, 6.07) is 7.13. The Hall–Kier alpha value is -2.89. The van der Waals surface area contributed by atoms with Gasteiger partial charge in [0.05, 0.1) is 18.4 Å². The van der Waals surface area contributed by atoms with Gasteiger partial charge in [0.1, 0.15) is 11.4 Å². The Morgan fingerprint density at radius 2 is 1.73 bits per heavy atom. The maximum Gasteiger partial charge on any atom is 0.340 e. The molecule has 6 nitrogen and oxygen atoms in total. The molecule has 22 heavy (non-hydrogen) atoms. The van der Waals surface area contributed by atoms with Crippen LogP contribution < -0.4 is 5.73 Å². The number of benzene rings is 1. The van der Waals surface area contributed by atoms with E-state index in [9.17, 15) is 14.7 Å². The highest BCUT2D eigenvalue weighted by molar-refractivity contribution is 6.08. The zero-order chi connectivity index (χ0) is 16.4. The van der Waals surface area contributed by atoms with E-state index in [0.29, 0.717) is 11.3 Å². The number of aromatic carboxylic acids is 1. The van der Waals surface area contributed by atoms with Gasteiger partial charge in [0, 0.05) is 5.56 Å². The molecule has 0 amide bonds. The predicted molar refractivity (Wildman–Crippen MR) is 81.9 cm³/mol. The first kappa shape index (κ1) is 15.5. The highest BCUT2D eigenvalue weighted by atomic mass is 16.5. The third kappa shape index (κ3) is 2.63. The summed E-state index contributed by atoms with van der Waals surface area (Å²) < 4.78 is 4.76. The van der Waals surface area contributed by atoms with Gasteiger partial charge in [0.15, 0.2) is 0 Å². The quantitative estimate of drug-likeness (QED) is 0.844. The molecule has 0 spiro atoms. The van der Waals surface area contributed by atoms with Crippen molar-refractivity contribution in [1.82, 2.24) is 4.98 Å². The van der Waals surface area contributed by atoms with Crippen LogP contribution in [0.3, 0.4) is 0 Å². The molecule has 3 N–H and O–H groups in total. The van der Waals surface area contributed by atoms with E-state index in [1.165, 1.54) is 7.11 Å². The molecule has 2 aromatic rings. The molecule has 0 atom stereocenters. The molecule has 0 aliphatic heterocycles. The molecular formula is C16H16N2O4. The first-order chi connectivity index (χ1) is 10.4. The summed E-state index contributed by atoms with van der Waals surface area (Å²) in [6.07, 6.45) is 0. The Balaban J connectivity index is 2.90. The lowest BCUT2D eigenvalue weighted by Crippen LogP contribution is -2.15. The number of aryl methyl sites for hydroxylation is 2. The highest BCUT2D eigenvalue weighted by Gasteiger charge is 2.26. The van der Waals surface area contributed by atoms with Crippen LogP contribution in [-0.4, -0.2) is 29.1 Å². The lowest BCUT2D eigenvalue weighted by atomic mass is 9.93. The second kappa shape index (κ2) is 5.85. The van der Waals surface area contributed by atoms with Crippen molar-refractivity contribution in [2.24, 2.45) is 0 Å². The molecule has 0 aliphatic carbocycles. The monoisotopic (exact) mass is 300 g/mol. The summed E-state index contributed by atoms with van der Waals surface area (Å²) in [5.41, 5.74) is 7.80. The summed E-state index contributed by atoms with van der Waals surface area (Å²) in [6.45, 7) is 3.50. The van der Waals surface area contributed by atoms with E-state index in [0.717, 1.165) is 5.56 Å². The summed E-state index contributed by atoms with van der Waals surface area (Å²) in [7, 11) is 1.23. The van der Waals surface area contributed by atoms with Gasteiger partial charge in [-0.05, 0) is 19.4 Å². The minimum Gasteiger partial charge on any atom is -0.478 e. The van der Waals surface area contributed by atoms with E-state index < -0.39 is 11.9 Å². The van der Waals surface area contributed by atoms with Crippen molar-refractivity contribution in [1.29, 1.82) is 0 Å². The molecule has 0 unspecified atom stereocenters. The van der Waals surface area contributed by atoms with E-state index in [1.807, 2.05) is 19.1 Å². The summed E-state index contributed by atoms with van der Waals surface area (Å²) in [5.74, 6) is -2.03. The Labute approximate surface area is 127 Å². The molecule has 0 saturated carbocycles. The Morgan fingerprint density at radius 1 is 1.14 bits per heavy atom. The van der Waals surface area contributed by atoms with Crippen molar-refractivity contribution < 1.29 is 19.4 Å². The number of pyridine rings is 1. The number of carbonyl (C=O) groups excluding carboxylic acids is 1. The molecule has 1 aromatic heterocycles. The molecule has 114 valence electrons.